The molecule has 0 spiro atoms. The van der Waals surface area contributed by atoms with Crippen molar-refractivity contribution in [2.75, 3.05) is 14.2 Å². The molecule has 3 rings (SSSR count). The number of hydrogen-bond acceptors (Lipinski definition) is 3. The maximum atomic E-state index is 12.2. The summed E-state index contributed by atoms with van der Waals surface area (Å²) in [6, 6.07) is 11.4. The molecule has 1 aromatic rings. The van der Waals surface area contributed by atoms with Gasteiger partial charge in [-0.05, 0) is 31.9 Å². The van der Waals surface area contributed by atoms with Crippen LogP contribution >= 0.6 is 12.4 Å². The van der Waals surface area contributed by atoms with Crippen LogP contribution < -0.4 is 0 Å². The number of nitrogens with zero attached hydrogens (tertiary/aromatic N) is 1. The van der Waals surface area contributed by atoms with Crippen molar-refractivity contribution in [3.05, 3.63) is 35.9 Å². The summed E-state index contributed by atoms with van der Waals surface area (Å²) in [6.45, 7) is 0. The zero-order valence-corrected chi connectivity index (χ0v) is 12.8. The molecular formula is C16H22ClNO2. The fourth-order valence-corrected chi connectivity index (χ4v) is 3.97. The van der Waals surface area contributed by atoms with Gasteiger partial charge in [0.2, 0.25) is 0 Å². The Bertz CT molecular complexity index is 465. The van der Waals surface area contributed by atoms with Crippen molar-refractivity contribution in [2.45, 2.75) is 37.3 Å². The van der Waals surface area contributed by atoms with Crippen LogP contribution in [0.2, 0.25) is 0 Å². The van der Waals surface area contributed by atoms with Gasteiger partial charge in [-0.1, -0.05) is 30.3 Å². The van der Waals surface area contributed by atoms with E-state index in [-0.39, 0.29) is 24.3 Å². The lowest BCUT2D eigenvalue weighted by molar-refractivity contribution is -0.150. The minimum Gasteiger partial charge on any atom is -0.469 e. The number of benzene rings is 1. The Kier molecular flexibility index (Phi) is 4.71. The number of carbonyl (C=O) groups is 1. The van der Waals surface area contributed by atoms with E-state index in [0.717, 1.165) is 12.8 Å². The Balaban J connectivity index is 0.00000147. The van der Waals surface area contributed by atoms with E-state index in [2.05, 4.69) is 36.2 Å². The molecule has 4 heteroatoms. The van der Waals surface area contributed by atoms with E-state index in [0.29, 0.717) is 18.0 Å². The van der Waals surface area contributed by atoms with Gasteiger partial charge in [-0.3, -0.25) is 9.69 Å². The summed E-state index contributed by atoms with van der Waals surface area (Å²) in [7, 11) is 3.66. The summed E-state index contributed by atoms with van der Waals surface area (Å²) in [5.41, 5.74) is 1.28. The van der Waals surface area contributed by atoms with E-state index in [4.69, 9.17) is 4.74 Å². The molecule has 0 aromatic heterocycles. The first-order valence-electron chi connectivity index (χ1n) is 7.07. The number of rotatable bonds is 2. The van der Waals surface area contributed by atoms with Crippen LogP contribution in [0.5, 0.6) is 0 Å². The van der Waals surface area contributed by atoms with Gasteiger partial charge in [0.05, 0.1) is 13.0 Å². The Morgan fingerprint density at radius 3 is 2.60 bits per heavy atom. The average Bonchev–Trinajstić information content (AvgIpc) is 2.70. The summed E-state index contributed by atoms with van der Waals surface area (Å²) in [6.07, 6.45) is 3.39. The van der Waals surface area contributed by atoms with Gasteiger partial charge < -0.3 is 4.74 Å². The van der Waals surface area contributed by atoms with Gasteiger partial charge in [0.15, 0.2) is 0 Å². The van der Waals surface area contributed by atoms with Gasteiger partial charge in [0.1, 0.15) is 0 Å². The predicted molar refractivity (Wildman–Crippen MR) is 81.1 cm³/mol. The smallest absolute Gasteiger partial charge is 0.310 e. The van der Waals surface area contributed by atoms with E-state index in [9.17, 15) is 4.79 Å². The van der Waals surface area contributed by atoms with Crippen LogP contribution in [0.15, 0.2) is 30.3 Å². The van der Waals surface area contributed by atoms with Crippen LogP contribution in [0.3, 0.4) is 0 Å². The Hall–Kier alpha value is -1.06. The molecule has 2 fully saturated rings. The van der Waals surface area contributed by atoms with Crippen LogP contribution in [0, 0.1) is 5.92 Å². The average molecular weight is 296 g/mol. The Morgan fingerprint density at radius 1 is 1.25 bits per heavy atom. The maximum absolute atomic E-state index is 12.2. The van der Waals surface area contributed by atoms with E-state index < -0.39 is 0 Å². The van der Waals surface area contributed by atoms with Crippen molar-refractivity contribution in [3.8, 4) is 0 Å². The standard InChI is InChI=1S/C16H21NO2.ClH/c1-17-12-8-9-14(17)15(16(18)19-2)13(10-12)11-6-4-3-5-7-11;/h3-7,12-15H,8-10H2,1-2H3;1H. The summed E-state index contributed by atoms with van der Waals surface area (Å²) < 4.78 is 5.07. The third-order valence-corrected chi connectivity index (χ3v) is 4.97. The summed E-state index contributed by atoms with van der Waals surface area (Å²) in [5, 5.41) is 0. The summed E-state index contributed by atoms with van der Waals surface area (Å²) in [5.74, 6) is 0.240. The van der Waals surface area contributed by atoms with Gasteiger partial charge >= 0.3 is 5.97 Å². The fraction of sp³-hybridized carbons (Fsp3) is 0.562. The number of esters is 1. The van der Waals surface area contributed by atoms with Crippen LogP contribution in [-0.4, -0.2) is 37.1 Å². The second-order valence-electron chi connectivity index (χ2n) is 5.77. The molecular weight excluding hydrogens is 274 g/mol. The molecule has 20 heavy (non-hydrogen) atoms. The molecule has 2 aliphatic rings. The van der Waals surface area contributed by atoms with E-state index in [1.54, 1.807) is 0 Å². The van der Waals surface area contributed by atoms with Crippen molar-refractivity contribution >= 4 is 18.4 Å². The van der Waals surface area contributed by atoms with E-state index in [1.807, 2.05) is 6.07 Å². The third-order valence-electron chi connectivity index (χ3n) is 4.97. The van der Waals surface area contributed by atoms with Gasteiger partial charge in [-0.15, -0.1) is 12.4 Å². The first-order valence-corrected chi connectivity index (χ1v) is 7.07. The van der Waals surface area contributed by atoms with Crippen LogP contribution in [-0.2, 0) is 9.53 Å². The number of ether oxygens (including phenoxy) is 1. The predicted octanol–water partition coefficient (Wildman–Crippen LogP) is 2.85. The van der Waals surface area contributed by atoms with Gasteiger partial charge in [0.25, 0.3) is 0 Å². The first kappa shape index (κ1) is 15.3. The summed E-state index contributed by atoms with van der Waals surface area (Å²) in [4.78, 5) is 14.6. The third kappa shape index (κ3) is 2.45. The molecule has 2 bridgehead atoms. The van der Waals surface area contributed by atoms with E-state index >= 15 is 0 Å². The normalized spacial score (nSPS) is 32.5. The topological polar surface area (TPSA) is 29.5 Å². The van der Waals surface area contributed by atoms with Crippen LogP contribution in [0.4, 0.5) is 0 Å². The van der Waals surface area contributed by atoms with Crippen molar-refractivity contribution in [1.29, 1.82) is 0 Å². The lowest BCUT2D eigenvalue weighted by Crippen LogP contribution is -2.49. The number of hydrogen-bond donors (Lipinski definition) is 0. The molecule has 110 valence electrons. The molecule has 2 heterocycles. The monoisotopic (exact) mass is 295 g/mol. The second-order valence-corrected chi connectivity index (χ2v) is 5.77. The van der Waals surface area contributed by atoms with Crippen LogP contribution in [0.25, 0.3) is 0 Å². The highest BCUT2D eigenvalue weighted by atomic mass is 35.5. The molecule has 2 saturated heterocycles. The highest BCUT2D eigenvalue weighted by molar-refractivity contribution is 5.85. The first-order chi connectivity index (χ1) is 9.22. The van der Waals surface area contributed by atoms with Crippen LogP contribution in [0.1, 0.15) is 30.7 Å². The molecule has 2 aliphatic heterocycles. The van der Waals surface area contributed by atoms with Crippen molar-refractivity contribution in [2.24, 2.45) is 5.92 Å². The van der Waals surface area contributed by atoms with Gasteiger partial charge in [-0.2, -0.15) is 0 Å². The number of piperidine rings is 1. The molecule has 0 saturated carbocycles. The largest absolute Gasteiger partial charge is 0.469 e. The highest BCUT2D eigenvalue weighted by Crippen LogP contribution is 2.46. The molecule has 0 aliphatic carbocycles. The lowest BCUT2D eigenvalue weighted by atomic mass is 9.76. The van der Waals surface area contributed by atoms with Crippen molar-refractivity contribution in [1.82, 2.24) is 4.90 Å². The molecule has 0 amide bonds. The molecule has 0 N–H and O–H groups in total. The molecule has 4 unspecified atom stereocenters. The van der Waals surface area contributed by atoms with Crippen molar-refractivity contribution in [3.63, 3.8) is 0 Å². The minimum atomic E-state index is -0.0500. The fourth-order valence-electron chi connectivity index (χ4n) is 3.97. The molecule has 4 atom stereocenters. The maximum Gasteiger partial charge on any atom is 0.310 e. The molecule has 1 aromatic carbocycles. The SMILES string of the molecule is COC(=O)C1C(c2ccccc2)CC2CCC1N2C.Cl. The number of halogens is 1. The van der Waals surface area contributed by atoms with E-state index in [1.165, 1.54) is 19.1 Å². The van der Waals surface area contributed by atoms with Crippen molar-refractivity contribution < 1.29 is 9.53 Å². The minimum absolute atomic E-state index is 0. The molecule has 0 radical (unpaired) electrons. The zero-order valence-electron chi connectivity index (χ0n) is 12.0. The number of methoxy groups -OCH3 is 1. The quantitative estimate of drug-likeness (QED) is 0.786. The summed E-state index contributed by atoms with van der Waals surface area (Å²) >= 11 is 0. The lowest BCUT2D eigenvalue weighted by Gasteiger charge is -2.41. The zero-order chi connectivity index (χ0) is 13.4. The van der Waals surface area contributed by atoms with Gasteiger partial charge in [0, 0.05) is 18.0 Å². The Morgan fingerprint density at radius 2 is 1.95 bits per heavy atom. The second kappa shape index (κ2) is 6.15. The number of carbonyl (C=O) groups excluding carboxylic acids is 1. The number of fused-ring (bicyclic) bond motifs is 2. The Labute approximate surface area is 126 Å². The highest BCUT2D eigenvalue weighted by Gasteiger charge is 2.49. The molecule has 3 nitrogen and oxygen atoms in total. The van der Waals surface area contributed by atoms with Gasteiger partial charge in [-0.25, -0.2) is 0 Å².